The molecule has 0 fully saturated rings. The van der Waals surface area contributed by atoms with Crippen molar-refractivity contribution in [1.82, 2.24) is 4.90 Å². The number of benzene rings is 3. The van der Waals surface area contributed by atoms with Gasteiger partial charge in [-0.25, -0.2) is 0 Å². The Labute approximate surface area is 201 Å². The average molecular weight is 476 g/mol. The molecule has 5 rings (SSSR count). The SMILES string of the molecule is COCCN1C(=O)c2oc3ccc(Cl)cc3c(=O)c2C1c1ccc(OCc2ccccc2)cc1. The Kier molecular flexibility index (Phi) is 6.09. The van der Waals surface area contributed by atoms with Crippen molar-refractivity contribution in [2.24, 2.45) is 0 Å². The van der Waals surface area contributed by atoms with Crippen molar-refractivity contribution in [3.8, 4) is 5.75 Å². The molecule has 1 amide bonds. The van der Waals surface area contributed by atoms with Crippen molar-refractivity contribution in [2.45, 2.75) is 12.6 Å². The van der Waals surface area contributed by atoms with Gasteiger partial charge in [-0.05, 0) is 41.5 Å². The zero-order valence-electron chi connectivity index (χ0n) is 18.5. The van der Waals surface area contributed by atoms with Gasteiger partial charge in [0, 0.05) is 18.7 Å². The van der Waals surface area contributed by atoms with E-state index in [9.17, 15) is 9.59 Å². The molecule has 0 bridgehead atoms. The van der Waals surface area contributed by atoms with Crippen molar-refractivity contribution >= 4 is 28.5 Å². The van der Waals surface area contributed by atoms with Gasteiger partial charge in [0.25, 0.3) is 5.91 Å². The van der Waals surface area contributed by atoms with Gasteiger partial charge in [-0.2, -0.15) is 0 Å². The number of ether oxygens (including phenoxy) is 2. The molecule has 6 nitrogen and oxygen atoms in total. The summed E-state index contributed by atoms with van der Waals surface area (Å²) in [5.74, 6) is 0.415. The Morgan fingerprint density at radius 2 is 1.76 bits per heavy atom. The fourth-order valence-electron chi connectivity index (χ4n) is 4.25. The van der Waals surface area contributed by atoms with Crippen molar-refractivity contribution in [3.05, 3.63) is 110 Å². The van der Waals surface area contributed by atoms with E-state index in [0.29, 0.717) is 47.1 Å². The lowest BCUT2D eigenvalue weighted by atomic mass is 9.98. The summed E-state index contributed by atoms with van der Waals surface area (Å²) < 4.78 is 17.0. The molecule has 0 aliphatic carbocycles. The van der Waals surface area contributed by atoms with Crippen LogP contribution >= 0.6 is 11.6 Å². The van der Waals surface area contributed by atoms with Crippen LogP contribution in [0.15, 0.2) is 82.0 Å². The number of hydrogen-bond donors (Lipinski definition) is 0. The summed E-state index contributed by atoms with van der Waals surface area (Å²) in [6, 6.07) is 21.5. The highest BCUT2D eigenvalue weighted by atomic mass is 35.5. The highest BCUT2D eigenvalue weighted by molar-refractivity contribution is 6.31. The second-order valence-corrected chi connectivity index (χ2v) is 8.49. The molecule has 1 aromatic heterocycles. The lowest BCUT2D eigenvalue weighted by Gasteiger charge is -2.25. The number of rotatable bonds is 7. The van der Waals surface area contributed by atoms with E-state index in [-0.39, 0.29) is 17.1 Å². The maximum atomic E-state index is 13.5. The normalized spacial score (nSPS) is 15.1. The standard InChI is InChI=1S/C27H22ClNO5/c1-32-14-13-29-24(18-7-10-20(11-8-18)33-16-17-5-3-2-4-6-17)23-25(30)21-15-19(28)9-12-22(21)34-26(23)27(29)31/h2-12,15,24H,13-14,16H2,1H3. The molecule has 1 aliphatic heterocycles. The van der Waals surface area contributed by atoms with E-state index in [4.69, 9.17) is 25.5 Å². The van der Waals surface area contributed by atoms with Gasteiger partial charge in [-0.3, -0.25) is 9.59 Å². The second-order valence-electron chi connectivity index (χ2n) is 8.05. The van der Waals surface area contributed by atoms with Crippen molar-refractivity contribution in [3.63, 3.8) is 0 Å². The van der Waals surface area contributed by atoms with E-state index < -0.39 is 6.04 Å². The summed E-state index contributed by atoms with van der Waals surface area (Å²) in [4.78, 5) is 28.4. The minimum absolute atomic E-state index is 0.0605. The highest BCUT2D eigenvalue weighted by Gasteiger charge is 2.42. The predicted octanol–water partition coefficient (Wildman–Crippen LogP) is 5.22. The molecule has 3 aromatic carbocycles. The first kappa shape index (κ1) is 22.2. The highest BCUT2D eigenvalue weighted by Crippen LogP contribution is 2.38. The van der Waals surface area contributed by atoms with Crippen LogP contribution in [0.5, 0.6) is 5.75 Å². The fourth-order valence-corrected chi connectivity index (χ4v) is 4.42. The molecule has 0 spiro atoms. The van der Waals surface area contributed by atoms with Crippen LogP contribution in [0, 0.1) is 0 Å². The Morgan fingerprint density at radius 1 is 1.00 bits per heavy atom. The van der Waals surface area contributed by atoms with Gasteiger partial charge >= 0.3 is 0 Å². The van der Waals surface area contributed by atoms with Gasteiger partial charge in [0.15, 0.2) is 5.43 Å². The first-order chi connectivity index (χ1) is 16.6. The number of halogens is 1. The van der Waals surface area contributed by atoms with Crippen molar-refractivity contribution in [2.75, 3.05) is 20.3 Å². The Bertz CT molecular complexity index is 1400. The Balaban J connectivity index is 1.52. The number of hydrogen-bond acceptors (Lipinski definition) is 5. The van der Waals surface area contributed by atoms with Gasteiger partial charge in [0.1, 0.15) is 17.9 Å². The molecule has 34 heavy (non-hydrogen) atoms. The van der Waals surface area contributed by atoms with Crippen LogP contribution in [0.1, 0.15) is 33.3 Å². The van der Waals surface area contributed by atoms with Gasteiger partial charge in [0.2, 0.25) is 5.76 Å². The van der Waals surface area contributed by atoms with E-state index in [1.165, 1.54) is 0 Å². The predicted molar refractivity (Wildman–Crippen MR) is 129 cm³/mol. The van der Waals surface area contributed by atoms with Crippen molar-refractivity contribution in [1.29, 1.82) is 0 Å². The summed E-state index contributed by atoms with van der Waals surface area (Å²) in [6.07, 6.45) is 0. The topological polar surface area (TPSA) is 69.0 Å². The van der Waals surface area contributed by atoms with Crippen LogP contribution in [0.25, 0.3) is 11.0 Å². The van der Waals surface area contributed by atoms with Gasteiger partial charge in [0.05, 0.1) is 23.6 Å². The maximum absolute atomic E-state index is 13.5. The zero-order valence-corrected chi connectivity index (χ0v) is 19.2. The third kappa shape index (κ3) is 4.06. The third-order valence-electron chi connectivity index (χ3n) is 5.91. The fraction of sp³-hybridized carbons (Fsp3) is 0.185. The molecule has 1 unspecified atom stereocenters. The van der Waals surface area contributed by atoms with Gasteiger partial charge in [-0.15, -0.1) is 0 Å². The lowest BCUT2D eigenvalue weighted by molar-refractivity contribution is 0.0663. The Hall–Kier alpha value is -3.61. The number of nitrogens with zero attached hydrogens (tertiary/aromatic N) is 1. The number of fused-ring (bicyclic) bond motifs is 2. The zero-order chi connectivity index (χ0) is 23.7. The minimum atomic E-state index is -0.597. The first-order valence-electron chi connectivity index (χ1n) is 10.9. The van der Waals surface area contributed by atoms with Crippen LogP contribution in [0.4, 0.5) is 0 Å². The number of carbonyl (C=O) groups is 1. The second kappa shape index (κ2) is 9.33. The van der Waals surface area contributed by atoms with E-state index >= 15 is 0 Å². The number of amides is 1. The van der Waals surface area contributed by atoms with Crippen LogP contribution in [0.2, 0.25) is 5.02 Å². The summed E-state index contributed by atoms with van der Waals surface area (Å²) >= 11 is 6.12. The molecule has 7 heteroatoms. The number of carbonyl (C=O) groups excluding carboxylic acids is 1. The maximum Gasteiger partial charge on any atom is 0.290 e. The van der Waals surface area contributed by atoms with E-state index in [2.05, 4.69) is 0 Å². The van der Waals surface area contributed by atoms with E-state index in [1.54, 1.807) is 30.2 Å². The molecule has 1 atom stereocenters. The molecule has 0 saturated carbocycles. The molecule has 0 radical (unpaired) electrons. The quantitative estimate of drug-likeness (QED) is 0.366. The summed E-state index contributed by atoms with van der Waals surface area (Å²) in [5, 5.41) is 0.775. The average Bonchev–Trinajstić information content (AvgIpc) is 3.14. The molecule has 4 aromatic rings. The monoisotopic (exact) mass is 475 g/mol. The molecule has 172 valence electrons. The summed E-state index contributed by atoms with van der Waals surface area (Å²) in [5.41, 5.74) is 2.23. The van der Waals surface area contributed by atoms with Crippen LogP contribution in [0.3, 0.4) is 0 Å². The van der Waals surface area contributed by atoms with Crippen molar-refractivity contribution < 1.29 is 18.7 Å². The first-order valence-corrected chi connectivity index (χ1v) is 11.3. The molecule has 0 N–H and O–H groups in total. The third-order valence-corrected chi connectivity index (χ3v) is 6.14. The summed E-state index contributed by atoms with van der Waals surface area (Å²) in [7, 11) is 1.57. The van der Waals surface area contributed by atoms with Crippen LogP contribution < -0.4 is 10.2 Å². The van der Waals surface area contributed by atoms with Crippen LogP contribution in [-0.2, 0) is 11.3 Å². The van der Waals surface area contributed by atoms with Crippen LogP contribution in [-0.4, -0.2) is 31.1 Å². The smallest absolute Gasteiger partial charge is 0.290 e. The van der Waals surface area contributed by atoms with E-state index in [0.717, 1.165) is 11.1 Å². The molecular formula is C27H22ClNO5. The van der Waals surface area contributed by atoms with Gasteiger partial charge < -0.3 is 18.8 Å². The lowest BCUT2D eigenvalue weighted by Crippen LogP contribution is -2.32. The number of methoxy groups -OCH3 is 1. The molecule has 1 aliphatic rings. The van der Waals surface area contributed by atoms with E-state index in [1.807, 2.05) is 54.6 Å². The molecule has 0 saturated heterocycles. The van der Waals surface area contributed by atoms with Gasteiger partial charge in [-0.1, -0.05) is 54.1 Å². The Morgan fingerprint density at radius 3 is 2.50 bits per heavy atom. The summed E-state index contributed by atoms with van der Waals surface area (Å²) in [6.45, 7) is 1.09. The molecular weight excluding hydrogens is 454 g/mol. The molecule has 2 heterocycles. The minimum Gasteiger partial charge on any atom is -0.489 e. The largest absolute Gasteiger partial charge is 0.489 e.